The standard InChI is InChI=1S/C32H30N2O5S2/c1-5-38-31(36)28-20(2)33-32-34(29(28)23-12-14-24(40-4)15-13-23)30(35)27(41-32)18-22-11-16-25(26(17-22)37-3)39-19-21-9-7-6-8-10-21/h6-18,29H,5,19H2,1-4H3. The lowest BCUT2D eigenvalue weighted by Crippen LogP contribution is -2.39. The van der Waals surface area contributed by atoms with Crippen molar-refractivity contribution in [3.8, 4) is 11.5 Å². The minimum absolute atomic E-state index is 0.227. The number of aromatic nitrogens is 1. The van der Waals surface area contributed by atoms with Gasteiger partial charge in [0, 0.05) is 4.90 Å². The average molecular weight is 587 g/mol. The second-order valence-electron chi connectivity index (χ2n) is 9.26. The van der Waals surface area contributed by atoms with Crippen LogP contribution in [0.3, 0.4) is 0 Å². The fraction of sp³-hybridized carbons (Fsp3) is 0.219. The summed E-state index contributed by atoms with van der Waals surface area (Å²) in [6.07, 6.45) is 3.81. The first-order valence-electron chi connectivity index (χ1n) is 13.1. The number of fused-ring (bicyclic) bond motifs is 1. The van der Waals surface area contributed by atoms with E-state index in [9.17, 15) is 9.59 Å². The molecule has 0 saturated carbocycles. The molecule has 1 aliphatic heterocycles. The molecule has 4 aromatic rings. The minimum Gasteiger partial charge on any atom is -0.493 e. The summed E-state index contributed by atoms with van der Waals surface area (Å²) in [7, 11) is 1.59. The predicted octanol–water partition coefficient (Wildman–Crippen LogP) is 5.11. The summed E-state index contributed by atoms with van der Waals surface area (Å²) in [5, 5.41) is 0. The molecule has 0 saturated heterocycles. The number of thiazole rings is 1. The Bertz CT molecular complexity index is 1770. The van der Waals surface area contributed by atoms with Crippen LogP contribution in [0.4, 0.5) is 0 Å². The second kappa shape index (κ2) is 12.6. The molecule has 0 fully saturated rings. The van der Waals surface area contributed by atoms with E-state index < -0.39 is 12.0 Å². The third-order valence-corrected chi connectivity index (χ3v) is 8.40. The lowest BCUT2D eigenvalue weighted by atomic mass is 9.96. The van der Waals surface area contributed by atoms with Gasteiger partial charge in [-0.3, -0.25) is 9.36 Å². The first-order valence-corrected chi connectivity index (χ1v) is 15.2. The molecule has 0 aliphatic carbocycles. The van der Waals surface area contributed by atoms with Gasteiger partial charge in [-0.15, -0.1) is 11.8 Å². The molecule has 1 atom stereocenters. The van der Waals surface area contributed by atoms with Gasteiger partial charge in [0.15, 0.2) is 16.3 Å². The van der Waals surface area contributed by atoms with Crippen LogP contribution >= 0.6 is 23.1 Å². The van der Waals surface area contributed by atoms with Crippen molar-refractivity contribution in [2.45, 2.75) is 31.4 Å². The zero-order chi connectivity index (χ0) is 28.9. The number of nitrogens with zero attached hydrogens (tertiary/aromatic N) is 2. The van der Waals surface area contributed by atoms with E-state index >= 15 is 0 Å². The maximum Gasteiger partial charge on any atom is 0.338 e. The predicted molar refractivity (Wildman–Crippen MR) is 162 cm³/mol. The van der Waals surface area contributed by atoms with Crippen LogP contribution < -0.4 is 24.4 Å². The van der Waals surface area contributed by atoms with Gasteiger partial charge in [-0.25, -0.2) is 9.79 Å². The van der Waals surface area contributed by atoms with Crippen LogP contribution in [-0.4, -0.2) is 30.5 Å². The van der Waals surface area contributed by atoms with Crippen molar-refractivity contribution >= 4 is 35.1 Å². The van der Waals surface area contributed by atoms with Crippen molar-refractivity contribution in [3.63, 3.8) is 0 Å². The summed E-state index contributed by atoms with van der Waals surface area (Å²) in [6.45, 7) is 4.18. The maximum atomic E-state index is 13.9. The van der Waals surface area contributed by atoms with Crippen LogP contribution in [0.2, 0.25) is 0 Å². The number of ether oxygens (including phenoxy) is 3. The Morgan fingerprint density at radius 1 is 1.07 bits per heavy atom. The van der Waals surface area contributed by atoms with E-state index in [0.717, 1.165) is 21.6 Å². The summed E-state index contributed by atoms with van der Waals surface area (Å²) in [6, 6.07) is 22.7. The quantitative estimate of drug-likeness (QED) is 0.200. The number of hydrogen-bond acceptors (Lipinski definition) is 8. The first-order chi connectivity index (χ1) is 19.9. The van der Waals surface area contributed by atoms with Gasteiger partial charge in [-0.2, -0.15) is 0 Å². The number of carbonyl (C=O) groups excluding carboxylic acids is 1. The molecule has 0 N–H and O–H groups in total. The van der Waals surface area contributed by atoms with Crippen molar-refractivity contribution in [1.82, 2.24) is 4.57 Å². The third kappa shape index (κ3) is 6.01. The lowest BCUT2D eigenvalue weighted by Gasteiger charge is -2.24. The van der Waals surface area contributed by atoms with Crippen molar-refractivity contribution in [2.75, 3.05) is 20.0 Å². The van der Waals surface area contributed by atoms with Crippen LogP contribution in [0, 0.1) is 0 Å². The van der Waals surface area contributed by atoms with E-state index in [0.29, 0.717) is 38.7 Å². The molecule has 210 valence electrons. The Hall–Kier alpha value is -4.08. The van der Waals surface area contributed by atoms with Gasteiger partial charge >= 0.3 is 5.97 Å². The Balaban J connectivity index is 1.55. The van der Waals surface area contributed by atoms with E-state index in [1.54, 1.807) is 37.3 Å². The molecule has 0 radical (unpaired) electrons. The number of methoxy groups -OCH3 is 1. The molecule has 5 rings (SSSR count). The first kappa shape index (κ1) is 28.4. The molecule has 41 heavy (non-hydrogen) atoms. The summed E-state index contributed by atoms with van der Waals surface area (Å²) in [5.41, 5.74) is 3.32. The molecule has 1 unspecified atom stereocenters. The van der Waals surface area contributed by atoms with Crippen LogP contribution in [-0.2, 0) is 16.1 Å². The number of allylic oxidation sites excluding steroid dienone is 1. The number of esters is 1. The van der Waals surface area contributed by atoms with E-state index in [2.05, 4.69) is 4.99 Å². The molecule has 2 heterocycles. The SMILES string of the molecule is CCOC(=O)C1=C(C)N=c2sc(=Cc3ccc(OCc4ccccc4)c(OC)c3)c(=O)n2C1c1ccc(SC)cc1. The van der Waals surface area contributed by atoms with Crippen molar-refractivity contribution in [2.24, 2.45) is 4.99 Å². The highest BCUT2D eigenvalue weighted by molar-refractivity contribution is 7.98. The van der Waals surface area contributed by atoms with E-state index in [1.807, 2.05) is 85.1 Å². The van der Waals surface area contributed by atoms with Crippen LogP contribution in [0.15, 0.2) is 98.7 Å². The van der Waals surface area contributed by atoms with Gasteiger partial charge in [0.25, 0.3) is 5.56 Å². The van der Waals surface area contributed by atoms with Crippen molar-refractivity contribution in [3.05, 3.63) is 120 Å². The smallest absolute Gasteiger partial charge is 0.338 e. The lowest BCUT2D eigenvalue weighted by molar-refractivity contribution is -0.139. The van der Waals surface area contributed by atoms with E-state index in [4.69, 9.17) is 14.2 Å². The molecule has 7 nitrogen and oxygen atoms in total. The number of thioether (sulfide) groups is 1. The zero-order valence-corrected chi connectivity index (χ0v) is 24.9. The van der Waals surface area contributed by atoms with Gasteiger partial charge in [0.1, 0.15) is 6.61 Å². The second-order valence-corrected chi connectivity index (χ2v) is 11.1. The Kier molecular flexibility index (Phi) is 8.75. The number of carbonyl (C=O) groups is 1. The minimum atomic E-state index is -0.647. The Morgan fingerprint density at radius 2 is 1.83 bits per heavy atom. The summed E-state index contributed by atoms with van der Waals surface area (Å²) in [5.74, 6) is 0.700. The number of hydrogen-bond donors (Lipinski definition) is 0. The largest absolute Gasteiger partial charge is 0.493 e. The van der Waals surface area contributed by atoms with Gasteiger partial charge < -0.3 is 14.2 Å². The summed E-state index contributed by atoms with van der Waals surface area (Å²) in [4.78, 5) is 33.2. The molecule has 9 heteroatoms. The molecule has 0 spiro atoms. The molecule has 0 bridgehead atoms. The van der Waals surface area contributed by atoms with Crippen LogP contribution in [0.5, 0.6) is 11.5 Å². The van der Waals surface area contributed by atoms with Crippen LogP contribution in [0.25, 0.3) is 6.08 Å². The Labute approximate surface area is 246 Å². The Morgan fingerprint density at radius 3 is 2.51 bits per heavy atom. The van der Waals surface area contributed by atoms with Crippen molar-refractivity contribution in [1.29, 1.82) is 0 Å². The van der Waals surface area contributed by atoms with Gasteiger partial charge in [-0.05, 0) is 67.1 Å². The number of rotatable bonds is 9. The molecular formula is C32H30N2O5S2. The normalized spacial score (nSPS) is 14.8. The topological polar surface area (TPSA) is 79.1 Å². The highest BCUT2D eigenvalue weighted by Gasteiger charge is 2.33. The highest BCUT2D eigenvalue weighted by Crippen LogP contribution is 2.32. The summed E-state index contributed by atoms with van der Waals surface area (Å²) >= 11 is 2.91. The fourth-order valence-corrected chi connectivity index (χ4v) is 6.13. The molecule has 1 aliphatic rings. The molecule has 3 aromatic carbocycles. The summed E-state index contributed by atoms with van der Waals surface area (Å²) < 4.78 is 19.1. The third-order valence-electron chi connectivity index (χ3n) is 6.67. The van der Waals surface area contributed by atoms with Gasteiger partial charge in [-0.1, -0.05) is 59.9 Å². The molecule has 1 aromatic heterocycles. The van der Waals surface area contributed by atoms with Crippen LogP contribution in [0.1, 0.15) is 36.6 Å². The van der Waals surface area contributed by atoms with Gasteiger partial charge in [0.05, 0.1) is 35.6 Å². The fourth-order valence-electron chi connectivity index (χ4n) is 4.67. The molecule has 0 amide bonds. The van der Waals surface area contributed by atoms with Crippen molar-refractivity contribution < 1.29 is 19.0 Å². The van der Waals surface area contributed by atoms with E-state index in [-0.39, 0.29) is 12.2 Å². The van der Waals surface area contributed by atoms with Gasteiger partial charge in [0.2, 0.25) is 0 Å². The zero-order valence-electron chi connectivity index (χ0n) is 23.2. The number of benzene rings is 3. The highest BCUT2D eigenvalue weighted by atomic mass is 32.2. The van der Waals surface area contributed by atoms with E-state index in [1.165, 1.54) is 11.3 Å². The average Bonchev–Trinajstić information content (AvgIpc) is 3.30. The maximum absolute atomic E-state index is 13.9. The molecular weight excluding hydrogens is 556 g/mol. The monoisotopic (exact) mass is 586 g/mol.